The van der Waals surface area contributed by atoms with Crippen LogP contribution < -0.4 is 15.7 Å². The van der Waals surface area contributed by atoms with E-state index >= 15 is 0 Å². The molecule has 0 fully saturated rings. The largest absolute Gasteiger partial charge is 0.466 e. The summed E-state index contributed by atoms with van der Waals surface area (Å²) in [6, 6.07) is 21.1. The van der Waals surface area contributed by atoms with Crippen LogP contribution >= 0.6 is 0 Å². The van der Waals surface area contributed by atoms with Crippen molar-refractivity contribution in [2.24, 2.45) is 0 Å². The third-order valence-corrected chi connectivity index (χ3v) is 11.9. The molecule has 34 heavy (non-hydrogen) atoms. The molecule has 5 nitrogen and oxygen atoms in total. The third-order valence-electron chi connectivity index (χ3n) is 6.80. The van der Waals surface area contributed by atoms with E-state index in [0.29, 0.717) is 18.4 Å². The molecule has 0 aliphatic heterocycles. The van der Waals surface area contributed by atoms with Crippen LogP contribution in [0.3, 0.4) is 0 Å². The molecular weight excluding hydrogens is 442 g/mol. The van der Waals surface area contributed by atoms with Gasteiger partial charge in [0.05, 0.1) is 25.4 Å². The second-order valence-electron chi connectivity index (χ2n) is 10.0. The summed E-state index contributed by atoms with van der Waals surface area (Å²) in [5, 5.41) is 15.4. The van der Waals surface area contributed by atoms with Gasteiger partial charge in [-0.05, 0) is 34.7 Å². The Hall–Kier alpha value is -2.41. The van der Waals surface area contributed by atoms with Crippen LogP contribution in [0.5, 0.6) is 0 Å². The monoisotopic (exact) mass is 481 g/mol. The molecule has 184 valence electrons. The number of nitrogens with one attached hydrogen (secondary N) is 1. The fourth-order valence-corrected chi connectivity index (χ4v) is 9.68. The number of allylic oxidation sites excluding steroid dienone is 1. The first-order valence-electron chi connectivity index (χ1n) is 12.2. The molecule has 0 amide bonds. The summed E-state index contributed by atoms with van der Waals surface area (Å²) < 4.78 is 12.4. The van der Waals surface area contributed by atoms with Crippen LogP contribution in [0.2, 0.25) is 5.04 Å². The van der Waals surface area contributed by atoms with Crippen molar-refractivity contribution in [1.29, 1.82) is 0 Å². The second-order valence-corrected chi connectivity index (χ2v) is 14.3. The summed E-state index contributed by atoms with van der Waals surface area (Å²) in [6.45, 7) is 8.83. The van der Waals surface area contributed by atoms with E-state index in [1.54, 1.807) is 0 Å². The highest BCUT2D eigenvalue weighted by Crippen LogP contribution is 2.40. The average Bonchev–Trinajstić information content (AvgIpc) is 2.86. The molecule has 2 aromatic rings. The van der Waals surface area contributed by atoms with Crippen molar-refractivity contribution in [2.45, 2.75) is 70.6 Å². The maximum atomic E-state index is 12.8. The number of carbonyl (C=O) groups is 1. The highest BCUT2D eigenvalue weighted by atomic mass is 28.4. The number of ether oxygens (including phenoxy) is 1. The van der Waals surface area contributed by atoms with Crippen LogP contribution in [-0.4, -0.2) is 45.3 Å². The van der Waals surface area contributed by atoms with Crippen LogP contribution in [0, 0.1) is 0 Å². The van der Waals surface area contributed by atoms with E-state index < -0.39 is 8.32 Å². The SMILES string of the molecule is CC[C@@H](CO)NC1=C(C(=O)OC)C[C@@H](O[Si](c2ccccc2)(c2ccccc2)C(C)(C)C)CC1. The molecule has 1 aliphatic carbocycles. The lowest BCUT2D eigenvalue weighted by Crippen LogP contribution is -2.67. The number of esters is 1. The Morgan fingerprint density at radius 2 is 1.65 bits per heavy atom. The molecule has 2 atom stereocenters. The zero-order valence-electron chi connectivity index (χ0n) is 21.1. The molecule has 0 aromatic heterocycles. The van der Waals surface area contributed by atoms with Crippen molar-refractivity contribution >= 4 is 24.7 Å². The van der Waals surface area contributed by atoms with Crippen molar-refractivity contribution < 1.29 is 19.1 Å². The van der Waals surface area contributed by atoms with Crippen LogP contribution in [0.1, 0.15) is 53.4 Å². The Balaban J connectivity index is 2.04. The van der Waals surface area contributed by atoms with Crippen molar-refractivity contribution in [2.75, 3.05) is 13.7 Å². The number of carbonyl (C=O) groups excluding carboxylic acids is 1. The van der Waals surface area contributed by atoms with Gasteiger partial charge in [-0.2, -0.15) is 0 Å². The van der Waals surface area contributed by atoms with E-state index in [9.17, 15) is 9.90 Å². The minimum absolute atomic E-state index is 0.0243. The van der Waals surface area contributed by atoms with Gasteiger partial charge >= 0.3 is 5.97 Å². The highest BCUT2D eigenvalue weighted by molar-refractivity contribution is 6.99. The van der Waals surface area contributed by atoms with E-state index in [1.165, 1.54) is 17.5 Å². The Kier molecular flexibility index (Phi) is 8.74. The molecule has 0 heterocycles. The second kappa shape index (κ2) is 11.3. The van der Waals surface area contributed by atoms with Crippen molar-refractivity contribution in [3.63, 3.8) is 0 Å². The van der Waals surface area contributed by atoms with E-state index in [4.69, 9.17) is 9.16 Å². The molecule has 0 radical (unpaired) electrons. The first-order chi connectivity index (χ1) is 16.3. The zero-order valence-corrected chi connectivity index (χ0v) is 22.1. The molecule has 2 aromatic carbocycles. The molecular formula is C28H39NO4Si. The molecule has 0 spiro atoms. The number of hydrogen-bond donors (Lipinski definition) is 2. The minimum atomic E-state index is -2.71. The summed E-state index contributed by atoms with van der Waals surface area (Å²) in [4.78, 5) is 12.8. The normalized spacial score (nSPS) is 17.9. The summed E-state index contributed by atoms with van der Waals surface area (Å²) in [7, 11) is -1.29. The standard InChI is InChI=1S/C28H39NO4Si/c1-6-21(20-30)29-26-18-17-22(19-25(26)27(31)32-5)33-34(28(2,3)4,23-13-9-7-10-14-23)24-15-11-8-12-16-24/h7-16,21-22,29-30H,6,17-20H2,1-5H3/t21-,22-/m0/s1. The maximum Gasteiger partial charge on any atom is 0.335 e. The summed E-state index contributed by atoms with van der Waals surface area (Å²) >= 11 is 0. The molecule has 0 saturated heterocycles. The molecule has 0 saturated carbocycles. The predicted molar refractivity (Wildman–Crippen MR) is 140 cm³/mol. The third kappa shape index (κ3) is 5.45. The van der Waals surface area contributed by atoms with Gasteiger partial charge < -0.3 is 19.6 Å². The van der Waals surface area contributed by atoms with E-state index in [0.717, 1.165) is 18.5 Å². The lowest BCUT2D eigenvalue weighted by Gasteiger charge is -2.46. The molecule has 3 rings (SSSR count). The molecule has 1 aliphatic rings. The van der Waals surface area contributed by atoms with Gasteiger partial charge in [0.25, 0.3) is 8.32 Å². The number of aliphatic hydroxyl groups excluding tert-OH is 1. The molecule has 0 unspecified atom stereocenters. The Morgan fingerprint density at radius 1 is 1.09 bits per heavy atom. The lowest BCUT2D eigenvalue weighted by molar-refractivity contribution is -0.136. The highest BCUT2D eigenvalue weighted by Gasteiger charge is 2.51. The van der Waals surface area contributed by atoms with Gasteiger partial charge in [-0.1, -0.05) is 88.4 Å². The topological polar surface area (TPSA) is 67.8 Å². The van der Waals surface area contributed by atoms with Gasteiger partial charge in [-0.15, -0.1) is 0 Å². The molecule has 6 heteroatoms. The van der Waals surface area contributed by atoms with Crippen LogP contribution in [0.25, 0.3) is 0 Å². The van der Waals surface area contributed by atoms with Gasteiger partial charge in [0.2, 0.25) is 0 Å². The average molecular weight is 482 g/mol. The summed E-state index contributed by atoms with van der Waals surface area (Å²) in [5.74, 6) is -0.328. The van der Waals surface area contributed by atoms with Crippen molar-refractivity contribution in [3.8, 4) is 0 Å². The van der Waals surface area contributed by atoms with Gasteiger partial charge in [0, 0.05) is 18.2 Å². The number of methoxy groups -OCH3 is 1. The first-order valence-corrected chi connectivity index (χ1v) is 14.1. The maximum absolute atomic E-state index is 12.8. The minimum Gasteiger partial charge on any atom is -0.466 e. The fourth-order valence-electron chi connectivity index (χ4n) is 4.96. The Bertz CT molecular complexity index is 925. The van der Waals surface area contributed by atoms with Crippen LogP contribution in [0.15, 0.2) is 71.9 Å². The predicted octanol–water partition coefficient (Wildman–Crippen LogP) is 3.90. The van der Waals surface area contributed by atoms with Gasteiger partial charge in [0.15, 0.2) is 0 Å². The van der Waals surface area contributed by atoms with Crippen LogP contribution in [-0.2, 0) is 14.0 Å². The van der Waals surface area contributed by atoms with Gasteiger partial charge in [0.1, 0.15) is 0 Å². The smallest absolute Gasteiger partial charge is 0.335 e. The number of benzene rings is 2. The van der Waals surface area contributed by atoms with Crippen molar-refractivity contribution in [1.82, 2.24) is 5.32 Å². The Morgan fingerprint density at radius 3 is 2.09 bits per heavy atom. The van der Waals surface area contributed by atoms with Gasteiger partial charge in [-0.25, -0.2) is 4.79 Å². The number of rotatable bonds is 9. The van der Waals surface area contributed by atoms with E-state index in [-0.39, 0.29) is 29.8 Å². The van der Waals surface area contributed by atoms with E-state index in [1.807, 2.05) is 19.1 Å². The fraction of sp³-hybridized carbons (Fsp3) is 0.464. The van der Waals surface area contributed by atoms with Crippen molar-refractivity contribution in [3.05, 3.63) is 71.9 Å². The number of hydrogen-bond acceptors (Lipinski definition) is 5. The first kappa shape index (κ1) is 26.2. The quantitative estimate of drug-likeness (QED) is 0.420. The Labute approximate surface area is 205 Å². The summed E-state index contributed by atoms with van der Waals surface area (Å²) in [6.07, 6.45) is 2.64. The summed E-state index contributed by atoms with van der Waals surface area (Å²) in [5.41, 5.74) is 1.50. The number of aliphatic hydroxyl groups is 1. The molecule has 0 bridgehead atoms. The lowest BCUT2D eigenvalue weighted by atomic mass is 9.93. The van der Waals surface area contributed by atoms with Crippen LogP contribution in [0.4, 0.5) is 0 Å². The molecule has 2 N–H and O–H groups in total. The van der Waals surface area contributed by atoms with Gasteiger partial charge in [-0.3, -0.25) is 0 Å². The van der Waals surface area contributed by atoms with E-state index in [2.05, 4.69) is 74.6 Å². The zero-order chi connectivity index (χ0) is 24.8.